The Kier molecular flexibility index (Phi) is 9.49. The van der Waals surface area contributed by atoms with Crippen molar-refractivity contribution in [1.82, 2.24) is 0 Å². The Morgan fingerprint density at radius 1 is 0.721 bits per heavy atom. The molecule has 5 aromatic rings. The number of carbonyl (C=O) groups excluding carboxylic acids is 2. The number of nitro benzene ring substituents is 1. The average Bonchev–Trinajstić information content (AvgIpc) is 3.02. The normalized spacial score (nSPS) is 11.0. The van der Waals surface area contributed by atoms with Crippen LogP contribution in [0, 0.1) is 10.1 Å². The van der Waals surface area contributed by atoms with Crippen molar-refractivity contribution in [3.05, 3.63) is 118 Å². The molecule has 0 aliphatic carbocycles. The van der Waals surface area contributed by atoms with E-state index >= 15 is 0 Å². The van der Waals surface area contributed by atoms with Gasteiger partial charge < -0.3 is 9.47 Å². The third kappa shape index (κ3) is 6.69. The van der Waals surface area contributed by atoms with E-state index in [4.69, 9.17) is 9.47 Å². The molecule has 0 spiro atoms. The van der Waals surface area contributed by atoms with Crippen LogP contribution in [0.4, 0.5) is 5.69 Å². The summed E-state index contributed by atoms with van der Waals surface area (Å²) in [5.74, 6) is -0.376. The molecule has 0 aliphatic rings. The van der Waals surface area contributed by atoms with Gasteiger partial charge in [0.05, 0.1) is 23.0 Å². The molecule has 0 unspecified atom stereocenters. The van der Waals surface area contributed by atoms with Crippen LogP contribution in [0.1, 0.15) is 34.6 Å². The first kappa shape index (κ1) is 30.8. The highest BCUT2D eigenvalue weighted by atomic mass is 32.2. The van der Waals surface area contributed by atoms with Crippen molar-refractivity contribution in [2.45, 2.75) is 18.7 Å². The number of Topliss-reactive ketones (excluding diaryl/α,β-unsaturated/α-hetero) is 2. The fourth-order valence-corrected chi connectivity index (χ4v) is 5.01. The molecule has 0 amide bonds. The van der Waals surface area contributed by atoms with Gasteiger partial charge in [0.25, 0.3) is 15.8 Å². The average molecular weight is 602 g/mol. The van der Waals surface area contributed by atoms with Gasteiger partial charge in [-0.15, -0.1) is 0 Å². The molecule has 220 valence electrons. The monoisotopic (exact) mass is 601 g/mol. The molecule has 10 nitrogen and oxygen atoms in total. The summed E-state index contributed by atoms with van der Waals surface area (Å²) in [4.78, 5) is 33.9. The summed E-state index contributed by atoms with van der Waals surface area (Å²) < 4.78 is 44.0. The molecule has 0 heterocycles. The van der Waals surface area contributed by atoms with Crippen LogP contribution < -0.4 is 9.47 Å². The molecule has 0 saturated carbocycles. The van der Waals surface area contributed by atoms with E-state index in [9.17, 15) is 32.7 Å². The van der Waals surface area contributed by atoms with Crippen LogP contribution in [0.25, 0.3) is 21.5 Å². The SMILES string of the molecule is CCOc1c2ccccc2c(OCC)c2cc(S(=O)(=O)O)ccc12.O=C(C(=O)c1ccccc1[N+](=O)[O-])c1ccccc1. The molecule has 0 bridgehead atoms. The summed E-state index contributed by atoms with van der Waals surface area (Å²) in [6.07, 6.45) is 0. The maximum absolute atomic E-state index is 12.0. The van der Waals surface area contributed by atoms with Gasteiger partial charge in [-0.25, -0.2) is 0 Å². The standard InChI is InChI=1S/C18H18O5S.C14H9NO4/c1-3-22-17-13-7-5-6-8-14(13)18(23-4-2)16-11-12(24(19,20)21)9-10-15(16)17;16-13(10-6-2-1-3-7-10)14(17)11-8-4-5-9-12(11)15(18)19/h5-11H,3-4H2,1-2H3,(H,19,20,21);1-9H. The van der Waals surface area contributed by atoms with E-state index < -0.39 is 26.6 Å². The third-order valence-electron chi connectivity index (χ3n) is 6.36. The molecule has 1 N–H and O–H groups in total. The van der Waals surface area contributed by atoms with Crippen molar-refractivity contribution >= 4 is 48.9 Å². The zero-order valence-corrected chi connectivity index (χ0v) is 24.0. The Morgan fingerprint density at radius 3 is 1.79 bits per heavy atom. The second-order valence-corrected chi connectivity index (χ2v) is 10.5. The van der Waals surface area contributed by atoms with Gasteiger partial charge in [-0.2, -0.15) is 8.42 Å². The van der Waals surface area contributed by atoms with Gasteiger partial charge in [0, 0.05) is 33.2 Å². The van der Waals surface area contributed by atoms with E-state index in [-0.39, 0.29) is 21.7 Å². The zero-order valence-electron chi connectivity index (χ0n) is 23.2. The number of hydrogen-bond donors (Lipinski definition) is 1. The number of benzene rings is 5. The molecule has 0 fully saturated rings. The fraction of sp³-hybridized carbons (Fsp3) is 0.125. The van der Waals surface area contributed by atoms with E-state index in [0.717, 1.165) is 16.2 Å². The van der Waals surface area contributed by atoms with Gasteiger partial charge in [0.1, 0.15) is 17.1 Å². The Labute approximate surface area is 247 Å². The van der Waals surface area contributed by atoms with Crippen LogP contribution in [0.15, 0.2) is 102 Å². The number of carbonyl (C=O) groups is 2. The molecule has 5 aromatic carbocycles. The zero-order chi connectivity index (χ0) is 31.1. The molecule has 11 heteroatoms. The van der Waals surface area contributed by atoms with Gasteiger partial charge in [-0.05, 0) is 38.1 Å². The van der Waals surface area contributed by atoms with Gasteiger partial charge in [-0.3, -0.25) is 24.3 Å². The molecule has 0 saturated heterocycles. The number of rotatable bonds is 9. The number of nitrogens with zero attached hydrogens (tertiary/aromatic N) is 1. The topological polar surface area (TPSA) is 150 Å². The highest BCUT2D eigenvalue weighted by Gasteiger charge is 2.25. The Morgan fingerprint density at radius 2 is 1.23 bits per heavy atom. The van der Waals surface area contributed by atoms with E-state index in [2.05, 4.69) is 0 Å². The highest BCUT2D eigenvalue weighted by molar-refractivity contribution is 7.85. The van der Waals surface area contributed by atoms with Gasteiger partial charge in [0.2, 0.25) is 11.6 Å². The van der Waals surface area contributed by atoms with Crippen molar-refractivity contribution in [2.75, 3.05) is 13.2 Å². The predicted octanol–water partition coefficient (Wildman–Crippen LogP) is 6.70. The van der Waals surface area contributed by atoms with Crippen LogP contribution >= 0.6 is 0 Å². The molecular weight excluding hydrogens is 574 g/mol. The lowest BCUT2D eigenvalue weighted by molar-refractivity contribution is -0.385. The molecular formula is C32H27NO9S. The van der Waals surface area contributed by atoms with Crippen LogP contribution in [0.3, 0.4) is 0 Å². The smallest absolute Gasteiger partial charge is 0.294 e. The van der Waals surface area contributed by atoms with Crippen molar-refractivity contribution < 1.29 is 37.0 Å². The summed E-state index contributed by atoms with van der Waals surface area (Å²) in [6.45, 7) is 4.67. The van der Waals surface area contributed by atoms with Crippen LogP contribution in [0.5, 0.6) is 11.5 Å². The largest absolute Gasteiger partial charge is 0.493 e. The first-order chi connectivity index (χ1) is 20.6. The lowest BCUT2D eigenvalue weighted by Crippen LogP contribution is -2.15. The van der Waals surface area contributed by atoms with Gasteiger partial charge in [0.15, 0.2) is 0 Å². The van der Waals surface area contributed by atoms with Crippen molar-refractivity contribution in [2.24, 2.45) is 0 Å². The summed E-state index contributed by atoms with van der Waals surface area (Å²) in [7, 11) is -4.30. The fourth-order valence-electron chi connectivity index (χ4n) is 4.51. The quantitative estimate of drug-likeness (QED) is 0.0486. The number of ketones is 2. The number of ether oxygens (including phenoxy) is 2. The number of para-hydroxylation sites is 1. The maximum atomic E-state index is 12.0. The van der Waals surface area contributed by atoms with Gasteiger partial charge >= 0.3 is 0 Å². The second kappa shape index (κ2) is 13.2. The lowest BCUT2D eigenvalue weighted by atomic mass is 10.0. The Hall–Kier alpha value is -5.13. The van der Waals surface area contributed by atoms with Crippen LogP contribution in [-0.2, 0) is 10.1 Å². The van der Waals surface area contributed by atoms with E-state index in [1.54, 1.807) is 24.3 Å². The molecule has 5 rings (SSSR count). The summed E-state index contributed by atoms with van der Waals surface area (Å²) in [5.41, 5.74) is -0.344. The maximum Gasteiger partial charge on any atom is 0.294 e. The van der Waals surface area contributed by atoms with Crippen molar-refractivity contribution in [1.29, 1.82) is 0 Å². The first-order valence-electron chi connectivity index (χ1n) is 13.2. The van der Waals surface area contributed by atoms with E-state index in [1.807, 2.05) is 38.1 Å². The Bertz CT molecular complexity index is 1940. The first-order valence-corrected chi connectivity index (χ1v) is 14.6. The Balaban J connectivity index is 0.000000203. The van der Waals surface area contributed by atoms with Crippen molar-refractivity contribution in [3.63, 3.8) is 0 Å². The minimum Gasteiger partial charge on any atom is -0.493 e. The highest BCUT2D eigenvalue weighted by Crippen LogP contribution is 2.43. The minimum atomic E-state index is -4.30. The summed E-state index contributed by atoms with van der Waals surface area (Å²) >= 11 is 0. The molecule has 0 aliphatic heterocycles. The lowest BCUT2D eigenvalue weighted by Gasteiger charge is -2.17. The van der Waals surface area contributed by atoms with E-state index in [0.29, 0.717) is 30.1 Å². The summed E-state index contributed by atoms with van der Waals surface area (Å²) in [6, 6.07) is 25.4. The van der Waals surface area contributed by atoms with Crippen molar-refractivity contribution in [3.8, 4) is 11.5 Å². The molecule has 0 atom stereocenters. The van der Waals surface area contributed by atoms with E-state index in [1.165, 1.54) is 48.5 Å². The predicted molar refractivity (Wildman–Crippen MR) is 162 cm³/mol. The number of nitro groups is 1. The molecule has 0 radical (unpaired) electrons. The number of hydrogen-bond acceptors (Lipinski definition) is 8. The summed E-state index contributed by atoms with van der Waals surface area (Å²) in [5, 5.41) is 13.9. The second-order valence-electron chi connectivity index (χ2n) is 9.05. The molecule has 43 heavy (non-hydrogen) atoms. The van der Waals surface area contributed by atoms with Crippen LogP contribution in [0.2, 0.25) is 0 Å². The van der Waals surface area contributed by atoms with Gasteiger partial charge in [-0.1, -0.05) is 66.7 Å². The minimum absolute atomic E-state index is 0.173. The molecule has 0 aromatic heterocycles. The number of fused-ring (bicyclic) bond motifs is 2. The van der Waals surface area contributed by atoms with Crippen LogP contribution in [-0.4, -0.2) is 42.7 Å². The third-order valence-corrected chi connectivity index (χ3v) is 7.21.